The second-order valence-corrected chi connectivity index (χ2v) is 2.29. The molecule has 6 nitrogen and oxygen atoms in total. The fourth-order valence-electron chi connectivity index (χ4n) is 0.759. The number of rotatable bonds is 3. The first-order valence-corrected chi connectivity index (χ1v) is 4.06. The Morgan fingerprint density at radius 1 is 1.50 bits per heavy atom. The first-order valence-electron chi connectivity index (χ1n) is 4.06. The molecule has 1 heterocycles. The van der Waals surface area contributed by atoms with E-state index in [4.69, 9.17) is 4.74 Å². The van der Waals surface area contributed by atoms with E-state index in [0.29, 0.717) is 18.3 Å². The quantitative estimate of drug-likeness (QED) is 0.784. The van der Waals surface area contributed by atoms with Crippen LogP contribution in [0.15, 0.2) is 12.4 Å². The summed E-state index contributed by atoms with van der Waals surface area (Å²) in [5, 5.41) is 2.37. The Bertz CT molecular complexity index is 299. The molecule has 0 aliphatic carbocycles. The van der Waals surface area contributed by atoms with Crippen LogP contribution in [0.25, 0.3) is 0 Å². The van der Waals surface area contributed by atoms with Gasteiger partial charge in [-0.2, -0.15) is 0 Å². The molecule has 0 saturated carbocycles. The van der Waals surface area contributed by atoms with Gasteiger partial charge in [0.15, 0.2) is 5.82 Å². The fourth-order valence-corrected chi connectivity index (χ4v) is 0.759. The summed E-state index contributed by atoms with van der Waals surface area (Å²) >= 11 is 0. The third kappa shape index (κ3) is 2.89. The number of aromatic nitrogens is 2. The van der Waals surface area contributed by atoms with E-state index < -0.39 is 6.09 Å². The van der Waals surface area contributed by atoms with Crippen molar-refractivity contribution in [2.24, 2.45) is 0 Å². The number of amides is 1. The highest BCUT2D eigenvalue weighted by atomic mass is 16.5. The Hall–Kier alpha value is -1.85. The summed E-state index contributed by atoms with van der Waals surface area (Å²) in [6.07, 6.45) is 2.24. The minimum absolute atomic E-state index is 0.320. The van der Waals surface area contributed by atoms with E-state index in [1.54, 1.807) is 0 Å². The highest BCUT2D eigenvalue weighted by Gasteiger charge is 2.02. The van der Waals surface area contributed by atoms with Gasteiger partial charge in [0, 0.05) is 0 Å². The van der Waals surface area contributed by atoms with Crippen molar-refractivity contribution in [3.8, 4) is 5.88 Å². The number of ether oxygens (including phenoxy) is 2. The van der Waals surface area contributed by atoms with Crippen molar-refractivity contribution in [2.45, 2.75) is 6.92 Å². The number of carbonyl (C=O) groups is 1. The second-order valence-electron chi connectivity index (χ2n) is 2.29. The fraction of sp³-hybridized carbons (Fsp3) is 0.375. The molecule has 1 rings (SSSR count). The summed E-state index contributed by atoms with van der Waals surface area (Å²) in [5.41, 5.74) is 0. The first kappa shape index (κ1) is 10.2. The van der Waals surface area contributed by atoms with Crippen molar-refractivity contribution in [1.82, 2.24) is 9.97 Å². The molecule has 1 N–H and O–H groups in total. The molecule has 0 spiro atoms. The van der Waals surface area contributed by atoms with E-state index >= 15 is 0 Å². The van der Waals surface area contributed by atoms with Gasteiger partial charge in [0.25, 0.3) is 0 Å². The maximum absolute atomic E-state index is 10.8. The number of nitrogens with zero attached hydrogens (tertiary/aromatic N) is 2. The third-order valence-electron chi connectivity index (χ3n) is 1.34. The van der Waals surface area contributed by atoms with Crippen molar-refractivity contribution in [2.75, 3.05) is 19.0 Å². The van der Waals surface area contributed by atoms with Gasteiger partial charge in [0.1, 0.15) is 0 Å². The van der Waals surface area contributed by atoms with Crippen molar-refractivity contribution < 1.29 is 14.3 Å². The van der Waals surface area contributed by atoms with Gasteiger partial charge in [-0.1, -0.05) is 0 Å². The summed E-state index contributed by atoms with van der Waals surface area (Å²) in [5.74, 6) is 0.739. The molecular formula is C8H11N3O3. The Balaban J connectivity index is 2.59. The Kier molecular flexibility index (Phi) is 3.66. The Labute approximate surface area is 81.3 Å². The minimum Gasteiger partial charge on any atom is -0.477 e. The lowest BCUT2D eigenvalue weighted by Gasteiger charge is -2.03. The molecule has 14 heavy (non-hydrogen) atoms. The number of nitrogens with one attached hydrogen (secondary N) is 1. The zero-order valence-electron chi connectivity index (χ0n) is 7.98. The normalized spacial score (nSPS) is 9.29. The van der Waals surface area contributed by atoms with E-state index in [1.807, 2.05) is 6.92 Å². The predicted molar refractivity (Wildman–Crippen MR) is 49.2 cm³/mol. The molecule has 6 heteroatoms. The highest BCUT2D eigenvalue weighted by Crippen LogP contribution is 2.06. The molecule has 0 unspecified atom stereocenters. The number of anilines is 1. The van der Waals surface area contributed by atoms with Gasteiger partial charge < -0.3 is 9.47 Å². The standard InChI is InChI=1S/C8H11N3O3/c1-3-14-7-5-9-6(4-10-7)11-8(12)13-2/h4-5H,3H2,1-2H3,(H,9,11,12). The molecule has 0 fully saturated rings. The van der Waals surface area contributed by atoms with Gasteiger partial charge in [-0.25, -0.2) is 14.8 Å². The van der Waals surface area contributed by atoms with Crippen molar-refractivity contribution in [1.29, 1.82) is 0 Å². The van der Waals surface area contributed by atoms with Gasteiger partial charge in [-0.3, -0.25) is 5.32 Å². The Morgan fingerprint density at radius 3 is 2.79 bits per heavy atom. The van der Waals surface area contributed by atoms with Crippen LogP contribution >= 0.6 is 0 Å². The molecule has 1 aromatic heterocycles. The monoisotopic (exact) mass is 197 g/mol. The van der Waals surface area contributed by atoms with E-state index in [1.165, 1.54) is 19.5 Å². The second kappa shape index (κ2) is 5.00. The van der Waals surface area contributed by atoms with Crippen LogP contribution in [-0.4, -0.2) is 29.8 Å². The number of carbonyl (C=O) groups excluding carboxylic acids is 1. The molecule has 1 aromatic rings. The topological polar surface area (TPSA) is 73.3 Å². The van der Waals surface area contributed by atoms with Gasteiger partial charge >= 0.3 is 6.09 Å². The van der Waals surface area contributed by atoms with E-state index in [9.17, 15) is 4.79 Å². The van der Waals surface area contributed by atoms with Crippen LogP contribution in [0.3, 0.4) is 0 Å². The third-order valence-corrected chi connectivity index (χ3v) is 1.34. The van der Waals surface area contributed by atoms with Gasteiger partial charge in [-0.15, -0.1) is 0 Å². The molecular weight excluding hydrogens is 186 g/mol. The van der Waals surface area contributed by atoms with Gasteiger partial charge in [0.05, 0.1) is 26.1 Å². The van der Waals surface area contributed by atoms with E-state index in [2.05, 4.69) is 20.0 Å². The summed E-state index contributed by atoms with van der Waals surface area (Å²) < 4.78 is 9.46. The lowest BCUT2D eigenvalue weighted by molar-refractivity contribution is 0.187. The average molecular weight is 197 g/mol. The lowest BCUT2D eigenvalue weighted by atomic mass is 10.6. The Morgan fingerprint density at radius 2 is 2.29 bits per heavy atom. The molecule has 0 aromatic carbocycles. The molecule has 0 bridgehead atoms. The van der Waals surface area contributed by atoms with Crippen molar-refractivity contribution in [3.63, 3.8) is 0 Å². The van der Waals surface area contributed by atoms with E-state index in [-0.39, 0.29) is 0 Å². The van der Waals surface area contributed by atoms with Crippen LogP contribution in [0.4, 0.5) is 10.6 Å². The maximum atomic E-state index is 10.8. The predicted octanol–water partition coefficient (Wildman–Crippen LogP) is 1.05. The molecule has 76 valence electrons. The molecule has 0 aliphatic rings. The smallest absolute Gasteiger partial charge is 0.412 e. The summed E-state index contributed by atoms with van der Waals surface area (Å²) in [4.78, 5) is 18.5. The first-order chi connectivity index (χ1) is 6.76. The highest BCUT2D eigenvalue weighted by molar-refractivity contribution is 5.82. The van der Waals surface area contributed by atoms with Crippen LogP contribution in [0.1, 0.15) is 6.92 Å². The number of methoxy groups -OCH3 is 1. The zero-order valence-corrected chi connectivity index (χ0v) is 7.98. The summed E-state index contributed by atoms with van der Waals surface area (Å²) in [6.45, 7) is 2.38. The zero-order chi connectivity index (χ0) is 10.4. The largest absolute Gasteiger partial charge is 0.477 e. The van der Waals surface area contributed by atoms with Crippen molar-refractivity contribution in [3.05, 3.63) is 12.4 Å². The molecule has 0 radical (unpaired) electrons. The van der Waals surface area contributed by atoms with Crippen LogP contribution in [0.2, 0.25) is 0 Å². The van der Waals surface area contributed by atoms with Crippen LogP contribution in [-0.2, 0) is 4.74 Å². The van der Waals surface area contributed by atoms with Crippen LogP contribution < -0.4 is 10.1 Å². The molecule has 0 atom stereocenters. The molecule has 0 saturated heterocycles. The SMILES string of the molecule is CCOc1cnc(NC(=O)OC)cn1. The average Bonchev–Trinajstić information content (AvgIpc) is 2.21. The van der Waals surface area contributed by atoms with Crippen LogP contribution in [0.5, 0.6) is 5.88 Å². The van der Waals surface area contributed by atoms with Gasteiger partial charge in [-0.05, 0) is 6.92 Å². The molecule has 0 aliphatic heterocycles. The van der Waals surface area contributed by atoms with Crippen LogP contribution in [0, 0.1) is 0 Å². The number of hydrogen-bond donors (Lipinski definition) is 1. The minimum atomic E-state index is -0.580. The van der Waals surface area contributed by atoms with E-state index in [0.717, 1.165) is 0 Å². The maximum Gasteiger partial charge on any atom is 0.412 e. The number of hydrogen-bond acceptors (Lipinski definition) is 5. The van der Waals surface area contributed by atoms with Crippen molar-refractivity contribution >= 4 is 11.9 Å². The lowest BCUT2D eigenvalue weighted by Crippen LogP contribution is -2.12. The summed E-state index contributed by atoms with van der Waals surface area (Å²) in [6, 6.07) is 0. The molecule has 1 amide bonds. The van der Waals surface area contributed by atoms with Gasteiger partial charge in [0.2, 0.25) is 5.88 Å². The summed E-state index contributed by atoms with van der Waals surface area (Å²) in [7, 11) is 1.28.